The molecule has 218 valence electrons. The number of rotatable bonds is 9. The van der Waals surface area contributed by atoms with Crippen molar-refractivity contribution in [1.82, 2.24) is 10.2 Å². The average Bonchev–Trinajstić information content (AvgIpc) is 3.64. The van der Waals surface area contributed by atoms with E-state index >= 15 is 0 Å². The number of amides is 1. The Labute approximate surface area is 261 Å². The first kappa shape index (κ1) is 29.0. The van der Waals surface area contributed by atoms with E-state index in [1.807, 2.05) is 48.5 Å². The van der Waals surface area contributed by atoms with Crippen LogP contribution in [0.2, 0.25) is 0 Å². The van der Waals surface area contributed by atoms with E-state index < -0.39 is 29.5 Å². The molecule has 0 fully saturated rings. The summed E-state index contributed by atoms with van der Waals surface area (Å²) in [7, 11) is 1.29. The Morgan fingerprint density at radius 3 is 2.45 bits per heavy atom. The number of fused-ring (bicyclic) bond motifs is 1. The molecule has 0 aliphatic carbocycles. The molecule has 44 heavy (non-hydrogen) atoms. The van der Waals surface area contributed by atoms with E-state index in [0.29, 0.717) is 21.2 Å². The highest BCUT2D eigenvalue weighted by Crippen LogP contribution is 2.43. The number of methoxy groups -OCH3 is 1. The number of allylic oxidation sites excluding steroid dienone is 1. The number of aliphatic hydroxyl groups is 1. The number of ether oxygens (including phenoxy) is 1. The van der Waals surface area contributed by atoms with Gasteiger partial charge in [0.25, 0.3) is 5.91 Å². The maximum atomic E-state index is 13.5. The first-order chi connectivity index (χ1) is 21.4. The summed E-state index contributed by atoms with van der Waals surface area (Å²) in [4.78, 5) is 40.4. The van der Waals surface area contributed by atoms with Crippen LogP contribution < -0.4 is 4.90 Å². The molecule has 4 aromatic carbocycles. The lowest BCUT2D eigenvalue weighted by atomic mass is 9.95. The molecule has 1 aromatic heterocycles. The van der Waals surface area contributed by atoms with E-state index in [1.54, 1.807) is 30.3 Å². The van der Waals surface area contributed by atoms with Gasteiger partial charge in [-0.2, -0.15) is 0 Å². The van der Waals surface area contributed by atoms with Crippen molar-refractivity contribution >= 4 is 62.7 Å². The Bertz CT molecular complexity index is 1930. The second-order valence-electron chi connectivity index (χ2n) is 9.84. The normalized spacial score (nSPS) is 15.0. The lowest BCUT2D eigenvalue weighted by Crippen LogP contribution is -2.30. The Morgan fingerprint density at radius 2 is 1.68 bits per heavy atom. The summed E-state index contributed by atoms with van der Waals surface area (Å²) >= 11 is 2.69. The highest BCUT2D eigenvalue weighted by molar-refractivity contribution is 8.00. The standard InChI is InChI=1S/C34H25N3O5S2/c1-42-32(41)24-17-15-23(16-18-24)29-28(27(38)19-14-21-8-3-2-4-9-21)30(39)31(40)37(29)33-35-36-34(44-33)43-20-25-12-7-11-22-10-5-6-13-26(22)25/h2-19,29,39H,20H2,1H3/b19-14+. The number of hydrogen-bond acceptors (Lipinski definition) is 9. The lowest BCUT2D eigenvalue weighted by Gasteiger charge is -2.23. The molecule has 0 saturated carbocycles. The molecule has 2 heterocycles. The van der Waals surface area contributed by atoms with E-state index in [2.05, 4.69) is 34.5 Å². The number of anilines is 1. The number of nitrogens with zero attached hydrogens (tertiary/aromatic N) is 3. The number of carbonyl (C=O) groups is 3. The van der Waals surface area contributed by atoms with E-state index in [-0.39, 0.29) is 10.7 Å². The van der Waals surface area contributed by atoms with Gasteiger partial charge in [-0.25, -0.2) is 4.79 Å². The van der Waals surface area contributed by atoms with Crippen LogP contribution >= 0.6 is 23.1 Å². The number of benzene rings is 4. The van der Waals surface area contributed by atoms with Crippen LogP contribution in [0.4, 0.5) is 5.13 Å². The fraction of sp³-hybridized carbons (Fsp3) is 0.0882. The van der Waals surface area contributed by atoms with Gasteiger partial charge in [0.15, 0.2) is 15.9 Å². The molecular formula is C34H25N3O5S2. The van der Waals surface area contributed by atoms with Crippen molar-refractivity contribution in [2.45, 2.75) is 16.1 Å². The van der Waals surface area contributed by atoms with Gasteiger partial charge in [0.05, 0.1) is 24.3 Å². The van der Waals surface area contributed by atoms with Crippen LogP contribution in [0.3, 0.4) is 0 Å². The summed E-state index contributed by atoms with van der Waals surface area (Å²) in [5.41, 5.74) is 2.65. The number of ketones is 1. The molecule has 0 bridgehead atoms. The summed E-state index contributed by atoms with van der Waals surface area (Å²) in [6.07, 6.45) is 2.96. The molecule has 10 heteroatoms. The third kappa shape index (κ3) is 5.77. The Kier molecular flexibility index (Phi) is 8.36. The van der Waals surface area contributed by atoms with Gasteiger partial charge in [0, 0.05) is 5.75 Å². The third-order valence-electron chi connectivity index (χ3n) is 7.18. The first-order valence-corrected chi connectivity index (χ1v) is 15.4. The zero-order valence-electron chi connectivity index (χ0n) is 23.4. The van der Waals surface area contributed by atoms with Gasteiger partial charge in [0.2, 0.25) is 5.13 Å². The summed E-state index contributed by atoms with van der Waals surface area (Å²) in [6, 6.07) is 28.9. The van der Waals surface area contributed by atoms with Crippen molar-refractivity contribution in [3.8, 4) is 0 Å². The van der Waals surface area contributed by atoms with Crippen molar-refractivity contribution in [3.63, 3.8) is 0 Å². The molecule has 1 amide bonds. The van der Waals surface area contributed by atoms with E-state index in [1.165, 1.54) is 41.2 Å². The first-order valence-electron chi connectivity index (χ1n) is 13.6. The van der Waals surface area contributed by atoms with Crippen LogP contribution in [0.1, 0.15) is 33.1 Å². The largest absolute Gasteiger partial charge is 0.503 e. The third-order valence-corrected chi connectivity index (χ3v) is 9.29. The number of aliphatic hydroxyl groups excluding tert-OH is 1. The fourth-order valence-electron chi connectivity index (χ4n) is 5.03. The molecule has 1 unspecified atom stereocenters. The summed E-state index contributed by atoms with van der Waals surface area (Å²) in [5.74, 6) is -1.83. The number of thioether (sulfide) groups is 1. The van der Waals surface area contributed by atoms with Gasteiger partial charge in [0.1, 0.15) is 0 Å². The Balaban J connectivity index is 1.32. The predicted octanol–water partition coefficient (Wildman–Crippen LogP) is 6.95. The van der Waals surface area contributed by atoms with Crippen molar-refractivity contribution in [1.29, 1.82) is 0 Å². The molecule has 1 aliphatic rings. The van der Waals surface area contributed by atoms with E-state index in [0.717, 1.165) is 21.9 Å². The molecule has 1 N–H and O–H groups in total. The molecule has 0 spiro atoms. The van der Waals surface area contributed by atoms with Gasteiger partial charge in [-0.3, -0.25) is 14.5 Å². The van der Waals surface area contributed by atoms with Crippen LogP contribution in [-0.2, 0) is 20.1 Å². The van der Waals surface area contributed by atoms with Crippen LogP contribution in [0.5, 0.6) is 0 Å². The minimum atomic E-state index is -0.994. The van der Waals surface area contributed by atoms with Gasteiger partial charge in [-0.05, 0) is 45.7 Å². The second-order valence-corrected chi connectivity index (χ2v) is 12.0. The van der Waals surface area contributed by atoms with Crippen LogP contribution in [0, 0.1) is 0 Å². The summed E-state index contributed by atoms with van der Waals surface area (Å²) in [5, 5.41) is 22.2. The van der Waals surface area contributed by atoms with Gasteiger partial charge < -0.3 is 9.84 Å². The number of hydrogen-bond donors (Lipinski definition) is 1. The number of carbonyl (C=O) groups excluding carboxylic acids is 3. The molecule has 1 aliphatic heterocycles. The molecule has 1 atom stereocenters. The average molecular weight is 620 g/mol. The Hall–Kier alpha value is -5.06. The van der Waals surface area contributed by atoms with Crippen molar-refractivity contribution in [3.05, 3.63) is 137 Å². The SMILES string of the molecule is COC(=O)c1ccc(C2C(C(=O)/C=C/c3ccccc3)=C(O)C(=O)N2c2nnc(SCc3cccc4ccccc34)s2)cc1. The second kappa shape index (κ2) is 12.7. The maximum absolute atomic E-state index is 13.5. The van der Waals surface area contributed by atoms with Crippen LogP contribution in [0.25, 0.3) is 16.8 Å². The number of esters is 1. The summed E-state index contributed by atoms with van der Waals surface area (Å²) < 4.78 is 5.43. The molecule has 0 saturated heterocycles. The minimum Gasteiger partial charge on any atom is -0.503 e. The zero-order chi connectivity index (χ0) is 30.6. The molecular weight excluding hydrogens is 595 g/mol. The van der Waals surface area contributed by atoms with Gasteiger partial charge in [-0.1, -0.05) is 114 Å². The molecule has 6 rings (SSSR count). The highest BCUT2D eigenvalue weighted by atomic mass is 32.2. The van der Waals surface area contributed by atoms with Crippen molar-refractivity contribution < 1.29 is 24.2 Å². The van der Waals surface area contributed by atoms with Crippen LogP contribution in [-0.4, -0.2) is 40.1 Å². The Morgan fingerprint density at radius 1 is 0.955 bits per heavy atom. The quantitative estimate of drug-likeness (QED) is 0.0817. The van der Waals surface area contributed by atoms with Crippen molar-refractivity contribution in [2.24, 2.45) is 0 Å². The van der Waals surface area contributed by atoms with E-state index in [9.17, 15) is 19.5 Å². The molecule has 5 aromatic rings. The summed E-state index contributed by atoms with van der Waals surface area (Å²) in [6.45, 7) is 0. The lowest BCUT2D eigenvalue weighted by molar-refractivity contribution is -0.117. The minimum absolute atomic E-state index is 0.0897. The fourth-order valence-corrected chi connectivity index (χ4v) is 6.90. The zero-order valence-corrected chi connectivity index (χ0v) is 25.0. The smallest absolute Gasteiger partial charge is 0.337 e. The van der Waals surface area contributed by atoms with Gasteiger partial charge >= 0.3 is 5.97 Å². The maximum Gasteiger partial charge on any atom is 0.337 e. The van der Waals surface area contributed by atoms with Gasteiger partial charge in [-0.15, -0.1) is 10.2 Å². The monoisotopic (exact) mass is 619 g/mol. The van der Waals surface area contributed by atoms with E-state index in [4.69, 9.17) is 4.74 Å². The molecule has 8 nitrogen and oxygen atoms in total. The topological polar surface area (TPSA) is 110 Å². The van der Waals surface area contributed by atoms with Crippen LogP contribution in [0.15, 0.2) is 119 Å². The predicted molar refractivity (Wildman–Crippen MR) is 172 cm³/mol. The number of aromatic nitrogens is 2. The highest BCUT2D eigenvalue weighted by Gasteiger charge is 2.45. The van der Waals surface area contributed by atoms with Crippen molar-refractivity contribution in [2.75, 3.05) is 12.0 Å². The molecule has 0 radical (unpaired) electrons.